The minimum atomic E-state index is -0.136. The molecule has 1 amide bonds. The van der Waals surface area contributed by atoms with Gasteiger partial charge in [-0.2, -0.15) is 0 Å². The number of benzene rings is 1. The van der Waals surface area contributed by atoms with Crippen molar-refractivity contribution >= 4 is 5.91 Å². The Bertz CT molecular complexity index is 699. The van der Waals surface area contributed by atoms with Crippen molar-refractivity contribution in [3.8, 4) is 5.75 Å². The van der Waals surface area contributed by atoms with Gasteiger partial charge in [-0.1, -0.05) is 17.3 Å². The lowest BCUT2D eigenvalue weighted by Crippen LogP contribution is -2.40. The van der Waals surface area contributed by atoms with Crippen molar-refractivity contribution in [1.82, 2.24) is 20.3 Å². The molecule has 1 N–H and O–H groups in total. The van der Waals surface area contributed by atoms with Crippen LogP contribution in [0.3, 0.4) is 0 Å². The van der Waals surface area contributed by atoms with E-state index < -0.39 is 0 Å². The summed E-state index contributed by atoms with van der Waals surface area (Å²) in [4.78, 5) is 12.7. The number of rotatable bonds is 3. The molecule has 0 saturated heterocycles. The molecule has 134 valence electrons. The monoisotopic (exact) mass is 344 g/mol. The fourth-order valence-electron chi connectivity index (χ4n) is 2.92. The van der Waals surface area contributed by atoms with E-state index in [0.717, 1.165) is 17.0 Å². The van der Waals surface area contributed by atoms with Gasteiger partial charge in [-0.3, -0.25) is 9.48 Å². The molecule has 1 aliphatic heterocycles. The van der Waals surface area contributed by atoms with Crippen molar-refractivity contribution in [1.29, 1.82) is 0 Å². The molecule has 25 heavy (non-hydrogen) atoms. The van der Waals surface area contributed by atoms with E-state index in [2.05, 4.69) is 15.6 Å². The molecule has 7 nitrogen and oxygen atoms in total. The van der Waals surface area contributed by atoms with Gasteiger partial charge >= 0.3 is 0 Å². The summed E-state index contributed by atoms with van der Waals surface area (Å²) >= 11 is 0. The molecule has 1 aliphatic rings. The molecule has 1 aromatic heterocycles. The van der Waals surface area contributed by atoms with Gasteiger partial charge in [0.05, 0.1) is 26.5 Å². The van der Waals surface area contributed by atoms with Gasteiger partial charge in [0.1, 0.15) is 11.4 Å². The fraction of sp³-hybridized carbons (Fsp3) is 0.500. The molecule has 0 fully saturated rings. The first-order valence-corrected chi connectivity index (χ1v) is 8.54. The number of hydrogen-bond acceptors (Lipinski definition) is 5. The van der Waals surface area contributed by atoms with Crippen LogP contribution in [0.1, 0.15) is 24.6 Å². The summed E-state index contributed by atoms with van der Waals surface area (Å²) in [5.74, 6) is 0.726. The largest absolute Gasteiger partial charge is 0.497 e. The van der Waals surface area contributed by atoms with Crippen LogP contribution in [-0.4, -0.2) is 40.7 Å². The summed E-state index contributed by atoms with van der Waals surface area (Å²) in [7, 11) is 1.64. The first kappa shape index (κ1) is 17.4. The Hall–Kier alpha value is -2.41. The molecule has 0 saturated carbocycles. The van der Waals surface area contributed by atoms with Crippen LogP contribution in [0.2, 0.25) is 0 Å². The lowest BCUT2D eigenvalue weighted by Gasteiger charge is -2.21. The Morgan fingerprint density at radius 3 is 2.92 bits per heavy atom. The quantitative estimate of drug-likeness (QED) is 0.914. The third-order valence-corrected chi connectivity index (χ3v) is 4.31. The summed E-state index contributed by atoms with van der Waals surface area (Å²) in [6.45, 7) is 3.46. The van der Waals surface area contributed by atoms with E-state index in [0.29, 0.717) is 32.6 Å². The number of fused-ring (bicyclic) bond motifs is 2. The number of aromatic nitrogens is 3. The van der Waals surface area contributed by atoms with Crippen molar-refractivity contribution < 1.29 is 14.3 Å². The van der Waals surface area contributed by atoms with Crippen LogP contribution in [-0.2, 0) is 29.1 Å². The minimum Gasteiger partial charge on any atom is -0.497 e. The molecular weight excluding hydrogens is 320 g/mol. The molecular formula is C18H24N4O3. The molecule has 2 atom stereocenters. The van der Waals surface area contributed by atoms with Crippen LogP contribution in [0.5, 0.6) is 5.75 Å². The number of aryl methyl sites for hydroxylation is 1. The fourth-order valence-corrected chi connectivity index (χ4v) is 2.92. The average molecular weight is 344 g/mol. The number of nitrogens with zero attached hydrogens (tertiary/aromatic N) is 3. The van der Waals surface area contributed by atoms with Crippen LogP contribution in [0.4, 0.5) is 0 Å². The van der Waals surface area contributed by atoms with Crippen LogP contribution in [0.15, 0.2) is 30.5 Å². The number of hydrogen-bond donors (Lipinski definition) is 1. The molecule has 2 heterocycles. The highest BCUT2D eigenvalue weighted by Crippen LogP contribution is 2.18. The third-order valence-electron chi connectivity index (χ3n) is 4.31. The van der Waals surface area contributed by atoms with Crippen LogP contribution in [0, 0.1) is 5.92 Å². The molecule has 1 aromatic carbocycles. The number of methoxy groups -OCH3 is 1. The number of nitrogens with one attached hydrogen (secondary N) is 1. The van der Waals surface area contributed by atoms with E-state index in [9.17, 15) is 4.79 Å². The topological polar surface area (TPSA) is 78.3 Å². The molecule has 7 heteroatoms. The summed E-state index contributed by atoms with van der Waals surface area (Å²) in [5, 5.41) is 11.3. The highest BCUT2D eigenvalue weighted by molar-refractivity contribution is 5.79. The second-order valence-electron chi connectivity index (χ2n) is 6.44. The van der Waals surface area contributed by atoms with Crippen molar-refractivity contribution in [2.24, 2.45) is 5.92 Å². The second-order valence-corrected chi connectivity index (χ2v) is 6.44. The Labute approximate surface area is 147 Å². The summed E-state index contributed by atoms with van der Waals surface area (Å²) in [6.07, 6.45) is 3.26. The summed E-state index contributed by atoms with van der Waals surface area (Å²) in [6, 6.07) is 7.80. The lowest BCUT2D eigenvalue weighted by molar-refractivity contribution is -0.126. The highest BCUT2D eigenvalue weighted by Gasteiger charge is 2.22. The van der Waals surface area contributed by atoms with Gasteiger partial charge in [-0.25, -0.2) is 0 Å². The number of carbonyl (C=O) groups is 1. The van der Waals surface area contributed by atoms with Gasteiger partial charge in [0, 0.05) is 18.5 Å². The first-order chi connectivity index (χ1) is 12.1. The standard InChI is InChI=1S/C18H24N4O3/c1-13-11-25-12-16-10-22(21-20-16)8-7-15(18(23)19-13)9-14-3-5-17(24-2)6-4-14/h3-6,10,13,15H,7-9,11-12H2,1-2H3,(H,19,23)/t13-,15-/m1/s1. The van der Waals surface area contributed by atoms with Crippen molar-refractivity contribution in [3.05, 3.63) is 41.7 Å². The average Bonchev–Trinajstić information content (AvgIpc) is 3.06. The Balaban J connectivity index is 1.74. The van der Waals surface area contributed by atoms with Gasteiger partial charge in [-0.15, -0.1) is 5.10 Å². The zero-order valence-corrected chi connectivity index (χ0v) is 14.6. The number of amides is 1. The van der Waals surface area contributed by atoms with E-state index >= 15 is 0 Å². The van der Waals surface area contributed by atoms with Crippen LogP contribution >= 0.6 is 0 Å². The zero-order valence-electron chi connectivity index (χ0n) is 14.6. The molecule has 0 radical (unpaired) electrons. The van der Waals surface area contributed by atoms with E-state index in [-0.39, 0.29) is 17.9 Å². The van der Waals surface area contributed by atoms with Crippen molar-refractivity contribution in [3.63, 3.8) is 0 Å². The molecule has 2 aromatic rings. The Morgan fingerprint density at radius 1 is 1.36 bits per heavy atom. The first-order valence-electron chi connectivity index (χ1n) is 8.54. The predicted octanol–water partition coefficient (Wildman–Crippen LogP) is 1.57. The zero-order chi connectivity index (χ0) is 17.6. The minimum absolute atomic E-state index is 0.0414. The Kier molecular flexibility index (Phi) is 5.65. The Morgan fingerprint density at radius 2 is 2.16 bits per heavy atom. The maximum atomic E-state index is 12.7. The van der Waals surface area contributed by atoms with Crippen molar-refractivity contribution in [2.75, 3.05) is 13.7 Å². The van der Waals surface area contributed by atoms with Gasteiger partial charge < -0.3 is 14.8 Å². The SMILES string of the molecule is COc1ccc(C[C@H]2CCn3cc(nn3)COC[C@@H](C)NC2=O)cc1. The smallest absolute Gasteiger partial charge is 0.223 e. The molecule has 2 bridgehead atoms. The lowest BCUT2D eigenvalue weighted by atomic mass is 9.95. The van der Waals surface area contributed by atoms with E-state index in [1.54, 1.807) is 11.8 Å². The number of ether oxygens (including phenoxy) is 2. The molecule has 3 rings (SSSR count). The molecule has 0 spiro atoms. The van der Waals surface area contributed by atoms with Crippen molar-refractivity contribution in [2.45, 2.75) is 39.0 Å². The normalized spacial score (nSPS) is 21.8. The predicted molar refractivity (Wildman–Crippen MR) is 92.1 cm³/mol. The van der Waals surface area contributed by atoms with E-state index in [4.69, 9.17) is 9.47 Å². The van der Waals surface area contributed by atoms with Gasteiger partial charge in [0.25, 0.3) is 0 Å². The van der Waals surface area contributed by atoms with E-state index in [1.165, 1.54) is 0 Å². The van der Waals surface area contributed by atoms with E-state index in [1.807, 2.05) is 37.4 Å². The third kappa shape index (κ3) is 4.79. The maximum Gasteiger partial charge on any atom is 0.223 e. The second kappa shape index (κ2) is 8.11. The highest BCUT2D eigenvalue weighted by atomic mass is 16.5. The number of carbonyl (C=O) groups excluding carboxylic acids is 1. The summed E-state index contributed by atoms with van der Waals surface area (Å²) < 4.78 is 12.6. The van der Waals surface area contributed by atoms with Gasteiger partial charge in [0.15, 0.2) is 0 Å². The molecule has 0 aliphatic carbocycles. The maximum absolute atomic E-state index is 12.7. The molecule has 0 unspecified atom stereocenters. The van der Waals surface area contributed by atoms with Gasteiger partial charge in [0.2, 0.25) is 5.91 Å². The van der Waals surface area contributed by atoms with Gasteiger partial charge in [-0.05, 0) is 37.5 Å². The van der Waals surface area contributed by atoms with Crippen LogP contribution < -0.4 is 10.1 Å². The summed E-state index contributed by atoms with van der Waals surface area (Å²) in [5.41, 5.74) is 1.92. The van der Waals surface area contributed by atoms with Crippen LogP contribution in [0.25, 0.3) is 0 Å².